The minimum atomic E-state index is -4.50. The van der Waals surface area contributed by atoms with Gasteiger partial charge in [-0.3, -0.25) is 9.59 Å². The van der Waals surface area contributed by atoms with Gasteiger partial charge < -0.3 is 0 Å². The molecule has 10 heteroatoms. The molecule has 8 nitrogen and oxygen atoms in total. The van der Waals surface area contributed by atoms with Crippen molar-refractivity contribution in [2.24, 2.45) is 0 Å². The molecule has 0 aliphatic heterocycles. The highest BCUT2D eigenvalue weighted by atomic mass is 32.2. The molecule has 0 bridgehead atoms. The Morgan fingerprint density at radius 2 is 1.00 bits per heavy atom. The van der Waals surface area contributed by atoms with Crippen molar-refractivity contribution in [3.63, 3.8) is 0 Å². The van der Waals surface area contributed by atoms with Crippen molar-refractivity contribution in [3.05, 3.63) is 0 Å². The summed E-state index contributed by atoms with van der Waals surface area (Å²) in [6.45, 7) is 8.06. The van der Waals surface area contributed by atoms with Crippen LogP contribution < -0.4 is 0 Å². The lowest BCUT2D eigenvalue weighted by Crippen LogP contribution is -2.42. The van der Waals surface area contributed by atoms with E-state index in [1.165, 1.54) is 41.5 Å². The molecule has 2 atom stereocenters. The van der Waals surface area contributed by atoms with Gasteiger partial charge in [0, 0.05) is 12.8 Å². The fourth-order valence-corrected chi connectivity index (χ4v) is 4.45. The third-order valence-electron chi connectivity index (χ3n) is 4.16. The summed E-state index contributed by atoms with van der Waals surface area (Å²) in [7, 11) is -9.01. The highest BCUT2D eigenvalue weighted by Gasteiger charge is 2.45. The SMILES string of the molecule is CCC(C)(CC(C)=O)S(=O)(=O)OOS(=O)(=O)C(C)(CC)CC(C)=O. The molecule has 0 saturated heterocycles. The Bertz CT molecular complexity index is 620. The Hall–Kier alpha value is -0.840. The van der Waals surface area contributed by atoms with Crippen molar-refractivity contribution in [1.29, 1.82) is 0 Å². The highest BCUT2D eigenvalue weighted by molar-refractivity contribution is 7.90. The van der Waals surface area contributed by atoms with E-state index in [0.29, 0.717) is 0 Å². The molecule has 24 heavy (non-hydrogen) atoms. The molecular weight excluding hydrogens is 360 g/mol. The van der Waals surface area contributed by atoms with Gasteiger partial charge >= 0.3 is 20.2 Å². The van der Waals surface area contributed by atoms with E-state index in [4.69, 9.17) is 0 Å². The van der Waals surface area contributed by atoms with Gasteiger partial charge in [-0.05, 0) is 40.5 Å². The van der Waals surface area contributed by atoms with Gasteiger partial charge in [0.05, 0.1) is 0 Å². The molecule has 0 radical (unpaired) electrons. The van der Waals surface area contributed by atoms with Gasteiger partial charge in [0.15, 0.2) is 0 Å². The first-order valence-corrected chi connectivity index (χ1v) is 10.3. The summed E-state index contributed by atoms with van der Waals surface area (Å²) in [4.78, 5) is 22.6. The Kier molecular flexibility index (Phi) is 7.75. The highest BCUT2D eigenvalue weighted by Crippen LogP contribution is 2.31. The van der Waals surface area contributed by atoms with E-state index in [0.717, 1.165) is 0 Å². The summed E-state index contributed by atoms with van der Waals surface area (Å²) in [6, 6.07) is 0. The molecule has 0 N–H and O–H groups in total. The fraction of sp³-hybridized carbons (Fsp3) is 0.857. The molecule has 0 aromatic heterocycles. The zero-order valence-electron chi connectivity index (χ0n) is 14.9. The quantitative estimate of drug-likeness (QED) is 0.390. The summed E-state index contributed by atoms with van der Waals surface area (Å²) in [5, 5.41) is 0. The van der Waals surface area contributed by atoms with Crippen LogP contribution >= 0.6 is 0 Å². The number of hydrogen-bond acceptors (Lipinski definition) is 8. The second-order valence-corrected chi connectivity index (χ2v) is 10.5. The number of ketones is 2. The maximum Gasteiger partial charge on any atom is 0.300 e. The zero-order valence-corrected chi connectivity index (χ0v) is 16.5. The molecule has 0 aromatic rings. The van der Waals surface area contributed by atoms with Crippen LogP contribution in [0, 0.1) is 0 Å². The maximum absolute atomic E-state index is 12.3. The van der Waals surface area contributed by atoms with E-state index in [9.17, 15) is 26.4 Å². The molecule has 0 heterocycles. The van der Waals surface area contributed by atoms with E-state index in [2.05, 4.69) is 8.67 Å². The van der Waals surface area contributed by atoms with Gasteiger partial charge in [0.2, 0.25) is 0 Å². The lowest BCUT2D eigenvalue weighted by Gasteiger charge is -2.28. The first kappa shape index (κ1) is 23.2. The number of carbonyl (C=O) groups excluding carboxylic acids is 2. The predicted octanol–water partition coefficient (Wildman–Crippen LogP) is 1.89. The van der Waals surface area contributed by atoms with Gasteiger partial charge in [-0.15, -0.1) is 0 Å². The number of carbonyl (C=O) groups is 2. The van der Waals surface area contributed by atoms with Crippen LogP contribution in [0.2, 0.25) is 0 Å². The molecule has 0 aliphatic carbocycles. The Morgan fingerprint density at radius 1 is 0.750 bits per heavy atom. The fourth-order valence-electron chi connectivity index (χ4n) is 2.07. The van der Waals surface area contributed by atoms with E-state index in [1.54, 1.807) is 0 Å². The summed E-state index contributed by atoms with van der Waals surface area (Å²) >= 11 is 0. The van der Waals surface area contributed by atoms with Crippen LogP contribution in [-0.4, -0.2) is 37.9 Å². The van der Waals surface area contributed by atoms with Gasteiger partial charge in [-0.2, -0.15) is 16.8 Å². The average Bonchev–Trinajstić information content (AvgIpc) is 2.43. The Balaban J connectivity index is 5.49. The molecule has 0 saturated carbocycles. The summed E-state index contributed by atoms with van der Waals surface area (Å²) in [5.41, 5.74) is 0. The number of hydrogen-bond donors (Lipinski definition) is 0. The van der Waals surface area contributed by atoms with Crippen LogP contribution in [0.5, 0.6) is 0 Å². The van der Waals surface area contributed by atoms with Gasteiger partial charge in [0.25, 0.3) is 0 Å². The molecule has 0 rings (SSSR count). The standard InChI is InChI=1S/C14H26O8S2/c1-7-13(5,9-11(3)15)23(17,18)21-22-24(19,20)14(6,8-2)10-12(4)16/h7-10H2,1-6H3. The first-order valence-electron chi connectivity index (χ1n) is 7.52. The smallest absolute Gasteiger partial charge is 0.300 e. The summed E-state index contributed by atoms with van der Waals surface area (Å²) in [5.74, 6) is -0.770. The molecule has 0 aromatic carbocycles. The Morgan fingerprint density at radius 3 is 1.17 bits per heavy atom. The lowest BCUT2D eigenvalue weighted by atomic mass is 10.0. The second kappa shape index (κ2) is 8.03. The van der Waals surface area contributed by atoms with E-state index in [1.807, 2.05) is 0 Å². The van der Waals surface area contributed by atoms with Gasteiger partial charge in [-0.1, -0.05) is 22.5 Å². The van der Waals surface area contributed by atoms with E-state index in [-0.39, 0.29) is 37.2 Å². The van der Waals surface area contributed by atoms with Crippen molar-refractivity contribution in [2.45, 2.75) is 76.7 Å². The van der Waals surface area contributed by atoms with Gasteiger partial charge in [0.1, 0.15) is 21.1 Å². The normalized spacial score (nSPS) is 17.8. The minimum absolute atomic E-state index is 0.0246. The molecule has 2 unspecified atom stereocenters. The molecule has 0 amide bonds. The van der Waals surface area contributed by atoms with E-state index >= 15 is 0 Å². The van der Waals surface area contributed by atoms with E-state index < -0.39 is 29.7 Å². The van der Waals surface area contributed by atoms with Crippen LogP contribution in [0.25, 0.3) is 0 Å². The first-order chi connectivity index (χ1) is 10.7. The lowest BCUT2D eigenvalue weighted by molar-refractivity contribution is -0.119. The predicted molar refractivity (Wildman–Crippen MR) is 88.0 cm³/mol. The van der Waals surface area contributed by atoms with Crippen molar-refractivity contribution in [2.75, 3.05) is 0 Å². The maximum atomic E-state index is 12.3. The van der Waals surface area contributed by atoms with Crippen molar-refractivity contribution in [1.82, 2.24) is 0 Å². The Labute approximate surface area is 144 Å². The summed E-state index contributed by atoms with van der Waals surface area (Å²) < 4.78 is 54.5. The largest absolute Gasteiger partial charge is 0.300 e. The monoisotopic (exact) mass is 386 g/mol. The molecule has 0 spiro atoms. The molecular formula is C14H26O8S2. The minimum Gasteiger partial charge on any atom is -0.300 e. The summed E-state index contributed by atoms with van der Waals surface area (Å²) in [6.07, 6.45) is -0.630. The van der Waals surface area contributed by atoms with Crippen LogP contribution in [-0.2, 0) is 38.5 Å². The number of Topliss-reactive ketones (excluding diaryl/α,β-unsaturated/α-hetero) is 2. The molecule has 142 valence electrons. The van der Waals surface area contributed by atoms with Crippen molar-refractivity contribution in [3.8, 4) is 0 Å². The third-order valence-corrected chi connectivity index (χ3v) is 8.02. The molecule has 0 fully saturated rings. The topological polar surface area (TPSA) is 121 Å². The zero-order chi connectivity index (χ0) is 19.4. The number of rotatable bonds is 11. The van der Waals surface area contributed by atoms with Crippen LogP contribution in [0.15, 0.2) is 0 Å². The third kappa shape index (κ3) is 5.33. The van der Waals surface area contributed by atoms with Crippen molar-refractivity contribution >= 4 is 31.8 Å². The van der Waals surface area contributed by atoms with Crippen molar-refractivity contribution < 1.29 is 35.1 Å². The average molecular weight is 386 g/mol. The van der Waals surface area contributed by atoms with Crippen LogP contribution in [0.3, 0.4) is 0 Å². The van der Waals surface area contributed by atoms with Crippen LogP contribution in [0.1, 0.15) is 67.2 Å². The second-order valence-electron chi connectivity index (χ2n) is 6.41. The molecule has 0 aliphatic rings. The van der Waals surface area contributed by atoms with Crippen LogP contribution in [0.4, 0.5) is 0 Å². The van der Waals surface area contributed by atoms with Gasteiger partial charge in [-0.25, -0.2) is 0 Å².